The molecule has 0 bridgehead atoms. The van der Waals surface area contributed by atoms with Crippen LogP contribution >= 0.6 is 0 Å². The number of amides is 2. The van der Waals surface area contributed by atoms with Gasteiger partial charge in [0.25, 0.3) is 11.8 Å². The molecule has 5 rings (SSSR count). The van der Waals surface area contributed by atoms with E-state index in [4.69, 9.17) is 4.74 Å². The topological polar surface area (TPSA) is 90.2 Å². The van der Waals surface area contributed by atoms with Crippen LogP contribution in [0.25, 0.3) is 5.69 Å². The molecule has 2 heterocycles. The van der Waals surface area contributed by atoms with Gasteiger partial charge in [-0.15, -0.1) is 0 Å². The first kappa shape index (κ1) is 16.8. The number of hydrogen-bond acceptors (Lipinski definition) is 6. The lowest BCUT2D eigenvalue weighted by molar-refractivity contribution is 0.0925. The number of ether oxygens (including phenoxy) is 1. The second-order valence-electron chi connectivity index (χ2n) is 6.27. The van der Waals surface area contributed by atoms with Gasteiger partial charge in [0, 0.05) is 0 Å². The zero-order valence-electron chi connectivity index (χ0n) is 15.0. The van der Waals surface area contributed by atoms with Gasteiger partial charge < -0.3 is 4.74 Å². The molecule has 4 aromatic rings. The molecule has 8 heteroatoms. The van der Waals surface area contributed by atoms with Gasteiger partial charge in [-0.2, -0.15) is 4.68 Å². The van der Waals surface area contributed by atoms with E-state index in [1.54, 1.807) is 48.5 Å². The summed E-state index contributed by atoms with van der Waals surface area (Å²) < 4.78 is 7.35. The maximum absolute atomic E-state index is 12.9. The third kappa shape index (κ3) is 2.74. The Balaban J connectivity index is 1.54. The second kappa shape index (κ2) is 6.68. The summed E-state index contributed by atoms with van der Waals surface area (Å²) in [5.74, 6) is -0.511. The van der Waals surface area contributed by atoms with Crippen molar-refractivity contribution in [3.8, 4) is 17.4 Å². The summed E-state index contributed by atoms with van der Waals surface area (Å²) in [6.45, 7) is 0. The zero-order chi connectivity index (χ0) is 19.8. The quantitative estimate of drug-likeness (QED) is 0.503. The minimum absolute atomic E-state index is 0.111. The summed E-state index contributed by atoms with van der Waals surface area (Å²) in [6, 6.07) is 22.9. The lowest BCUT2D eigenvalue weighted by Gasteiger charge is -2.17. The van der Waals surface area contributed by atoms with Gasteiger partial charge in [0.1, 0.15) is 0 Å². The van der Waals surface area contributed by atoms with Crippen LogP contribution in [-0.4, -0.2) is 32.0 Å². The number of hydrogen-bond donors (Lipinski definition) is 0. The fourth-order valence-corrected chi connectivity index (χ4v) is 3.21. The number of anilines is 1. The molecule has 0 spiro atoms. The van der Waals surface area contributed by atoms with E-state index in [2.05, 4.69) is 15.5 Å². The van der Waals surface area contributed by atoms with Crippen molar-refractivity contribution in [1.82, 2.24) is 20.2 Å². The molecule has 1 aromatic heterocycles. The number of carbonyl (C=O) groups is 2. The molecule has 2 amide bonds. The highest BCUT2D eigenvalue weighted by molar-refractivity contribution is 6.34. The van der Waals surface area contributed by atoms with E-state index in [9.17, 15) is 9.59 Å². The van der Waals surface area contributed by atoms with Gasteiger partial charge in [0.15, 0.2) is 5.75 Å². The smallest absolute Gasteiger partial charge is 0.345 e. The van der Waals surface area contributed by atoms with Crippen molar-refractivity contribution in [1.29, 1.82) is 0 Å². The number of benzene rings is 3. The molecule has 0 radical (unpaired) electrons. The predicted octanol–water partition coefficient (Wildman–Crippen LogP) is 3.26. The minimum Gasteiger partial charge on any atom is -0.421 e. The van der Waals surface area contributed by atoms with Crippen molar-refractivity contribution in [2.75, 3.05) is 4.90 Å². The monoisotopic (exact) mass is 383 g/mol. The normalized spacial score (nSPS) is 12.9. The van der Waals surface area contributed by atoms with Crippen LogP contribution in [0.5, 0.6) is 11.8 Å². The maximum atomic E-state index is 12.9. The fourth-order valence-electron chi connectivity index (χ4n) is 3.21. The fraction of sp³-hybridized carbons (Fsp3) is 0. The molecule has 8 nitrogen and oxygen atoms in total. The Hall–Kier alpha value is -4.33. The van der Waals surface area contributed by atoms with Gasteiger partial charge in [-0.3, -0.25) is 9.59 Å². The Labute approximate surface area is 165 Å². The number of imide groups is 1. The van der Waals surface area contributed by atoms with Gasteiger partial charge in [0.05, 0.1) is 22.5 Å². The molecule has 0 N–H and O–H groups in total. The number of para-hydroxylation sites is 3. The molecule has 0 atom stereocenters. The SMILES string of the molecule is O=C1c2ccccc2C(=O)N1c1ccccc1Oc1nnnn1-c1ccccc1. The molecule has 1 aliphatic rings. The van der Waals surface area contributed by atoms with Gasteiger partial charge in [-0.1, -0.05) is 47.6 Å². The number of carbonyl (C=O) groups excluding carboxylic acids is 2. The van der Waals surface area contributed by atoms with Crippen molar-refractivity contribution in [3.63, 3.8) is 0 Å². The van der Waals surface area contributed by atoms with Crippen molar-refractivity contribution in [3.05, 3.63) is 90.0 Å². The van der Waals surface area contributed by atoms with E-state index in [1.807, 2.05) is 30.3 Å². The number of nitrogens with zero attached hydrogens (tertiary/aromatic N) is 5. The molecule has 0 unspecified atom stereocenters. The van der Waals surface area contributed by atoms with Crippen LogP contribution in [0, 0.1) is 0 Å². The van der Waals surface area contributed by atoms with E-state index in [0.717, 1.165) is 4.90 Å². The first-order valence-corrected chi connectivity index (χ1v) is 8.82. The highest BCUT2D eigenvalue weighted by atomic mass is 16.5. The van der Waals surface area contributed by atoms with Crippen LogP contribution in [0.1, 0.15) is 20.7 Å². The molecule has 0 aliphatic carbocycles. The first-order valence-electron chi connectivity index (χ1n) is 8.82. The Morgan fingerprint density at radius 2 is 1.34 bits per heavy atom. The van der Waals surface area contributed by atoms with Crippen LogP contribution in [-0.2, 0) is 0 Å². The molecule has 1 aliphatic heterocycles. The highest BCUT2D eigenvalue weighted by Gasteiger charge is 2.37. The zero-order valence-corrected chi connectivity index (χ0v) is 15.0. The average molecular weight is 383 g/mol. The van der Waals surface area contributed by atoms with E-state index in [-0.39, 0.29) is 11.8 Å². The molecular weight excluding hydrogens is 370 g/mol. The molecule has 0 fully saturated rings. The van der Waals surface area contributed by atoms with E-state index in [1.165, 1.54) is 4.68 Å². The third-order valence-electron chi connectivity index (χ3n) is 4.54. The molecule has 140 valence electrons. The van der Waals surface area contributed by atoms with E-state index in [0.29, 0.717) is 22.5 Å². The molecule has 0 saturated carbocycles. The minimum atomic E-state index is -0.399. The molecule has 3 aromatic carbocycles. The average Bonchev–Trinajstić information content (AvgIpc) is 3.33. The van der Waals surface area contributed by atoms with Crippen molar-refractivity contribution >= 4 is 17.5 Å². The predicted molar refractivity (Wildman–Crippen MR) is 103 cm³/mol. The summed E-state index contributed by atoms with van der Waals surface area (Å²) in [4.78, 5) is 26.8. The summed E-state index contributed by atoms with van der Waals surface area (Å²) in [5, 5.41) is 11.6. The molecule has 0 saturated heterocycles. The van der Waals surface area contributed by atoms with E-state index < -0.39 is 11.8 Å². The summed E-state index contributed by atoms with van der Waals surface area (Å²) in [5.41, 5.74) is 1.76. The van der Waals surface area contributed by atoms with Crippen LogP contribution in [0.2, 0.25) is 0 Å². The van der Waals surface area contributed by atoms with Crippen molar-refractivity contribution in [2.24, 2.45) is 0 Å². The standard InChI is InChI=1S/C21H13N5O3/c27-19-15-10-4-5-11-16(15)20(28)25(19)17-12-6-7-13-18(17)29-21-22-23-24-26(21)14-8-2-1-3-9-14/h1-13H. The van der Waals surface area contributed by atoms with Gasteiger partial charge in [-0.05, 0) is 46.8 Å². The number of fused-ring (bicyclic) bond motifs is 1. The van der Waals surface area contributed by atoms with Gasteiger partial charge in [-0.25, -0.2) is 4.90 Å². The van der Waals surface area contributed by atoms with Gasteiger partial charge in [0.2, 0.25) is 0 Å². The first-order chi connectivity index (χ1) is 14.2. The molecular formula is C21H13N5O3. The highest BCUT2D eigenvalue weighted by Crippen LogP contribution is 2.36. The van der Waals surface area contributed by atoms with Crippen LogP contribution in [0.4, 0.5) is 5.69 Å². The van der Waals surface area contributed by atoms with Crippen molar-refractivity contribution in [2.45, 2.75) is 0 Å². The Morgan fingerprint density at radius 3 is 2.07 bits per heavy atom. The third-order valence-corrected chi connectivity index (χ3v) is 4.54. The molecule has 29 heavy (non-hydrogen) atoms. The Kier molecular flexibility index (Phi) is 3.87. The Morgan fingerprint density at radius 1 is 0.724 bits per heavy atom. The van der Waals surface area contributed by atoms with Crippen LogP contribution < -0.4 is 9.64 Å². The van der Waals surface area contributed by atoms with Crippen LogP contribution in [0.15, 0.2) is 78.9 Å². The number of rotatable bonds is 4. The van der Waals surface area contributed by atoms with Crippen molar-refractivity contribution < 1.29 is 14.3 Å². The Bertz CT molecular complexity index is 1200. The lowest BCUT2D eigenvalue weighted by atomic mass is 10.1. The summed E-state index contributed by atoms with van der Waals surface area (Å²) in [6.07, 6.45) is 0. The summed E-state index contributed by atoms with van der Waals surface area (Å²) in [7, 11) is 0. The van der Waals surface area contributed by atoms with E-state index >= 15 is 0 Å². The van der Waals surface area contributed by atoms with Crippen LogP contribution in [0.3, 0.4) is 0 Å². The number of aromatic nitrogens is 4. The second-order valence-corrected chi connectivity index (χ2v) is 6.27. The van der Waals surface area contributed by atoms with Gasteiger partial charge >= 0.3 is 6.01 Å². The lowest BCUT2D eigenvalue weighted by Crippen LogP contribution is -2.29. The largest absolute Gasteiger partial charge is 0.421 e. The number of tetrazole rings is 1. The summed E-state index contributed by atoms with van der Waals surface area (Å²) >= 11 is 0. The maximum Gasteiger partial charge on any atom is 0.345 e.